The lowest BCUT2D eigenvalue weighted by Gasteiger charge is -2.27. The van der Waals surface area contributed by atoms with E-state index in [1.807, 2.05) is 0 Å². The molecule has 16 heteroatoms. The minimum absolute atomic E-state index is 0.420. The Hall–Kier alpha value is -3.79. The number of hydrogen-bond acceptors (Lipinski definition) is 9. The van der Waals surface area contributed by atoms with Gasteiger partial charge in [0.1, 0.15) is 30.2 Å². The highest BCUT2D eigenvalue weighted by atomic mass is 16.4. The molecule has 0 aliphatic carbocycles. The van der Waals surface area contributed by atoms with Gasteiger partial charge in [-0.2, -0.15) is 0 Å². The average molecular weight is 575 g/mol. The Kier molecular flexibility index (Phi) is 15.4. The van der Waals surface area contributed by atoms with E-state index in [-0.39, 0.29) is 0 Å². The van der Waals surface area contributed by atoms with Crippen molar-refractivity contribution in [1.82, 2.24) is 26.6 Å². The van der Waals surface area contributed by atoms with E-state index >= 15 is 0 Å². The maximum Gasteiger partial charge on any atom is 0.326 e. The number of aliphatic hydroxyl groups is 1. The summed E-state index contributed by atoms with van der Waals surface area (Å²) in [5.41, 5.74) is 5.49. The number of nitrogens with one attached hydrogen (secondary N) is 5. The molecular weight excluding hydrogens is 532 g/mol. The molecule has 0 unspecified atom stereocenters. The fourth-order valence-corrected chi connectivity index (χ4v) is 3.27. The first-order chi connectivity index (χ1) is 18.5. The Morgan fingerprint density at radius 1 is 0.675 bits per heavy atom. The van der Waals surface area contributed by atoms with Crippen LogP contribution in [-0.4, -0.2) is 99.7 Å². The van der Waals surface area contributed by atoms with E-state index < -0.39 is 103 Å². The molecule has 16 nitrogen and oxygen atoms in total. The molecule has 0 spiro atoms. The molecule has 0 saturated carbocycles. The van der Waals surface area contributed by atoms with Gasteiger partial charge >= 0.3 is 11.9 Å². The molecule has 0 aliphatic rings. The fraction of sp³-hybridized carbons (Fsp3) is 0.708. The Bertz CT molecular complexity index is 943. The largest absolute Gasteiger partial charge is 0.481 e. The molecule has 7 atom stereocenters. The summed E-state index contributed by atoms with van der Waals surface area (Å²) < 4.78 is 0. The highest BCUT2D eigenvalue weighted by molar-refractivity contribution is 5.96. The third kappa shape index (κ3) is 11.9. The third-order valence-corrected chi connectivity index (χ3v) is 6.07. The summed E-state index contributed by atoms with van der Waals surface area (Å²) in [5, 5.41) is 39.2. The molecule has 0 bridgehead atoms. The van der Waals surface area contributed by atoms with Crippen LogP contribution >= 0.6 is 0 Å². The molecule has 0 radical (unpaired) electrons. The van der Waals surface area contributed by atoms with Crippen LogP contribution in [0.4, 0.5) is 0 Å². The minimum atomic E-state index is -1.49. The molecule has 0 heterocycles. The van der Waals surface area contributed by atoms with Gasteiger partial charge in [0.15, 0.2) is 0 Å². The standard InChI is InChI=1S/C24H42N6O10/c1-7-11(4)18(30-20(35)13(6)26-21(36)14(25)8-16(32)33)23(38)27-12(5)19(34)28-15(9-31)22(37)29-17(10(2)3)24(39)40/h10-15,17-18,31H,7-9,25H2,1-6H3,(H,26,36)(H,27,38)(H,28,34)(H,29,37)(H,30,35)(H,32,33)(H,39,40)/t11-,12-,13-,14-,15-,17-,18-/m0/s1. The number of aliphatic carboxylic acids is 2. The molecule has 0 saturated heterocycles. The van der Waals surface area contributed by atoms with E-state index in [1.165, 1.54) is 13.8 Å². The first-order valence-electron chi connectivity index (χ1n) is 12.8. The first kappa shape index (κ1) is 36.2. The SMILES string of the molecule is CC[C@H](C)[C@H](NC(=O)[C@H](C)NC(=O)[C@@H](N)CC(=O)O)C(=O)N[C@@H](C)C(=O)N[C@@H](CO)C(=O)N[C@H](C(=O)O)C(C)C. The number of aliphatic hydroxyl groups excluding tert-OH is 1. The zero-order chi connectivity index (χ0) is 31.3. The molecule has 0 fully saturated rings. The topological polar surface area (TPSA) is 266 Å². The molecule has 0 rings (SSSR count). The maximum atomic E-state index is 13.0. The maximum absolute atomic E-state index is 13.0. The highest BCUT2D eigenvalue weighted by Crippen LogP contribution is 2.09. The molecule has 0 aliphatic heterocycles. The van der Waals surface area contributed by atoms with E-state index in [2.05, 4.69) is 26.6 Å². The van der Waals surface area contributed by atoms with Crippen LogP contribution in [-0.2, 0) is 33.6 Å². The molecule has 0 aromatic rings. The number of carboxylic acid groups (broad SMARTS) is 2. The summed E-state index contributed by atoms with van der Waals surface area (Å²) >= 11 is 0. The molecule has 228 valence electrons. The van der Waals surface area contributed by atoms with Gasteiger partial charge in [-0.3, -0.25) is 28.8 Å². The van der Waals surface area contributed by atoms with Gasteiger partial charge in [0.25, 0.3) is 0 Å². The highest BCUT2D eigenvalue weighted by Gasteiger charge is 2.32. The normalized spacial score (nSPS) is 16.2. The Morgan fingerprint density at radius 2 is 1.15 bits per heavy atom. The molecule has 5 amide bonds. The van der Waals surface area contributed by atoms with Gasteiger partial charge in [-0.05, 0) is 25.7 Å². The van der Waals surface area contributed by atoms with Crippen molar-refractivity contribution in [3.8, 4) is 0 Å². The Labute approximate surface area is 232 Å². The molecule has 0 aromatic carbocycles. The second kappa shape index (κ2) is 17.0. The first-order valence-corrected chi connectivity index (χ1v) is 12.8. The van der Waals surface area contributed by atoms with Crippen molar-refractivity contribution in [3.63, 3.8) is 0 Å². The van der Waals surface area contributed by atoms with Crippen LogP contribution in [0.3, 0.4) is 0 Å². The van der Waals surface area contributed by atoms with Crippen molar-refractivity contribution >= 4 is 41.5 Å². The number of rotatable bonds is 17. The average Bonchev–Trinajstić information content (AvgIpc) is 2.86. The quantitative estimate of drug-likeness (QED) is 0.0846. The van der Waals surface area contributed by atoms with Crippen LogP contribution in [0.1, 0.15) is 54.4 Å². The van der Waals surface area contributed by atoms with Gasteiger partial charge in [0, 0.05) is 0 Å². The van der Waals surface area contributed by atoms with E-state index in [0.29, 0.717) is 6.42 Å². The smallest absolute Gasteiger partial charge is 0.326 e. The number of carbonyl (C=O) groups excluding carboxylic acids is 5. The van der Waals surface area contributed by atoms with E-state index in [4.69, 9.17) is 10.8 Å². The summed E-state index contributed by atoms with van der Waals surface area (Å²) in [6, 6.07) is -7.67. The predicted octanol–water partition coefficient (Wildman–Crippen LogP) is -2.97. The summed E-state index contributed by atoms with van der Waals surface area (Å²) in [7, 11) is 0. The molecule has 0 aromatic heterocycles. The van der Waals surface area contributed by atoms with Gasteiger partial charge in [0.2, 0.25) is 29.5 Å². The van der Waals surface area contributed by atoms with Crippen LogP contribution in [0.2, 0.25) is 0 Å². The summed E-state index contributed by atoms with van der Waals surface area (Å²) in [6.45, 7) is 8.34. The lowest BCUT2D eigenvalue weighted by Crippen LogP contribution is -2.60. The molecular formula is C24H42N6O10. The monoisotopic (exact) mass is 574 g/mol. The fourth-order valence-electron chi connectivity index (χ4n) is 3.27. The number of nitrogens with two attached hydrogens (primary N) is 1. The van der Waals surface area contributed by atoms with Crippen molar-refractivity contribution in [2.75, 3.05) is 6.61 Å². The van der Waals surface area contributed by atoms with Crippen LogP contribution in [0, 0.1) is 11.8 Å². The minimum Gasteiger partial charge on any atom is -0.481 e. The lowest BCUT2D eigenvalue weighted by atomic mass is 9.97. The van der Waals surface area contributed by atoms with Crippen molar-refractivity contribution in [3.05, 3.63) is 0 Å². The van der Waals surface area contributed by atoms with E-state index in [9.17, 15) is 43.8 Å². The number of amides is 5. The van der Waals surface area contributed by atoms with Gasteiger partial charge in [-0.1, -0.05) is 34.1 Å². The lowest BCUT2D eigenvalue weighted by molar-refractivity contribution is -0.144. The number of carboxylic acids is 2. The predicted molar refractivity (Wildman–Crippen MR) is 140 cm³/mol. The van der Waals surface area contributed by atoms with Crippen molar-refractivity contribution in [1.29, 1.82) is 0 Å². The zero-order valence-electron chi connectivity index (χ0n) is 23.5. The van der Waals surface area contributed by atoms with Crippen LogP contribution in [0.25, 0.3) is 0 Å². The molecule has 40 heavy (non-hydrogen) atoms. The summed E-state index contributed by atoms with van der Waals surface area (Å²) in [6.07, 6.45) is -0.203. The van der Waals surface area contributed by atoms with E-state index in [0.717, 1.165) is 0 Å². The van der Waals surface area contributed by atoms with Crippen LogP contribution in [0.15, 0.2) is 0 Å². The van der Waals surface area contributed by atoms with E-state index in [1.54, 1.807) is 27.7 Å². The number of carbonyl (C=O) groups is 7. The summed E-state index contributed by atoms with van der Waals surface area (Å²) in [5.74, 6) is -7.65. The third-order valence-electron chi connectivity index (χ3n) is 6.07. The van der Waals surface area contributed by atoms with Crippen LogP contribution < -0.4 is 32.3 Å². The Morgan fingerprint density at radius 3 is 1.57 bits per heavy atom. The van der Waals surface area contributed by atoms with Crippen LogP contribution in [0.5, 0.6) is 0 Å². The number of hydrogen-bond donors (Lipinski definition) is 9. The van der Waals surface area contributed by atoms with Gasteiger partial charge in [0.05, 0.1) is 19.1 Å². The van der Waals surface area contributed by atoms with Gasteiger partial charge in [-0.25, -0.2) is 4.79 Å². The second-order valence-corrected chi connectivity index (χ2v) is 9.85. The summed E-state index contributed by atoms with van der Waals surface area (Å²) in [4.78, 5) is 84.8. The Balaban J connectivity index is 5.32. The van der Waals surface area contributed by atoms with Gasteiger partial charge < -0.3 is 47.6 Å². The van der Waals surface area contributed by atoms with Crippen molar-refractivity contribution < 1.29 is 48.9 Å². The van der Waals surface area contributed by atoms with Crippen molar-refractivity contribution in [2.24, 2.45) is 17.6 Å². The zero-order valence-corrected chi connectivity index (χ0v) is 23.5. The van der Waals surface area contributed by atoms with Gasteiger partial charge in [-0.15, -0.1) is 0 Å². The molecule has 10 N–H and O–H groups in total. The second-order valence-electron chi connectivity index (χ2n) is 9.85. The van der Waals surface area contributed by atoms with Crippen molar-refractivity contribution in [2.45, 2.75) is 90.6 Å².